The maximum Gasteiger partial charge on any atom is 0.254 e. The van der Waals surface area contributed by atoms with E-state index in [4.69, 9.17) is 15.9 Å². The van der Waals surface area contributed by atoms with Crippen LogP contribution in [0.1, 0.15) is 68.7 Å². The second-order valence-corrected chi connectivity index (χ2v) is 10.5. The van der Waals surface area contributed by atoms with Gasteiger partial charge in [0.1, 0.15) is 5.01 Å². The fourth-order valence-corrected chi connectivity index (χ4v) is 5.58. The normalized spacial score (nSPS) is 17.1. The van der Waals surface area contributed by atoms with Crippen molar-refractivity contribution in [3.63, 3.8) is 0 Å². The lowest BCUT2D eigenvalue weighted by Gasteiger charge is -2.23. The van der Waals surface area contributed by atoms with E-state index in [-0.39, 0.29) is 29.3 Å². The highest BCUT2D eigenvalue weighted by molar-refractivity contribution is 7.09. The van der Waals surface area contributed by atoms with E-state index < -0.39 is 11.4 Å². The van der Waals surface area contributed by atoms with Gasteiger partial charge in [0.2, 0.25) is 17.7 Å². The topological polar surface area (TPSA) is 141 Å². The molecular weight excluding hydrogens is 488 g/mol. The minimum Gasteiger partial charge on any atom is -0.419 e. The zero-order valence-corrected chi connectivity index (χ0v) is 21.5. The third-order valence-electron chi connectivity index (χ3n) is 6.47. The van der Waals surface area contributed by atoms with Crippen molar-refractivity contribution in [2.24, 2.45) is 11.5 Å². The Kier molecular flexibility index (Phi) is 6.61. The number of carbonyl (C=O) groups excluding carboxylic acids is 2. The fourth-order valence-electron chi connectivity index (χ4n) is 4.64. The Balaban J connectivity index is 1.46. The van der Waals surface area contributed by atoms with Crippen LogP contribution in [0.2, 0.25) is 0 Å². The molecule has 1 fully saturated rings. The molecule has 5 rings (SSSR count). The number of nitrogens with zero attached hydrogens (tertiary/aromatic N) is 4. The third-order valence-corrected chi connectivity index (χ3v) is 7.54. The number of aromatic nitrogens is 3. The number of hydrogen-bond acceptors (Lipinski definition) is 8. The summed E-state index contributed by atoms with van der Waals surface area (Å²) in [6, 6.07) is 14.4. The van der Waals surface area contributed by atoms with Crippen LogP contribution in [-0.2, 0) is 12.0 Å². The van der Waals surface area contributed by atoms with Gasteiger partial charge < -0.3 is 20.8 Å². The van der Waals surface area contributed by atoms with Gasteiger partial charge in [0.15, 0.2) is 0 Å². The van der Waals surface area contributed by atoms with Gasteiger partial charge in [-0.2, -0.15) is 0 Å². The van der Waals surface area contributed by atoms with Crippen LogP contribution < -0.4 is 11.5 Å². The number of hydrogen-bond donors (Lipinski definition) is 2. The SMILES string of the molecule is Cc1csc([C@H]2CCCN2C(=O)c2cc(C(N)=O)cc(-c3nnc([C@@](C)(N)Cc4ccccc4)o3)c2)n1. The Bertz CT molecular complexity index is 1450. The Morgan fingerprint density at radius 1 is 1.16 bits per heavy atom. The molecule has 0 bridgehead atoms. The van der Waals surface area contributed by atoms with Gasteiger partial charge >= 0.3 is 0 Å². The van der Waals surface area contributed by atoms with Crippen LogP contribution in [0.4, 0.5) is 0 Å². The van der Waals surface area contributed by atoms with E-state index >= 15 is 0 Å². The maximum absolute atomic E-state index is 13.6. The summed E-state index contributed by atoms with van der Waals surface area (Å²) in [7, 11) is 0. The van der Waals surface area contributed by atoms with Crippen molar-refractivity contribution >= 4 is 23.2 Å². The van der Waals surface area contributed by atoms with Crippen molar-refractivity contribution in [1.82, 2.24) is 20.1 Å². The third kappa shape index (κ3) is 5.16. The predicted octanol–water partition coefficient (Wildman–Crippen LogP) is 3.99. The van der Waals surface area contributed by atoms with Crippen molar-refractivity contribution in [3.05, 3.63) is 87.2 Å². The molecule has 2 aromatic carbocycles. The quantitative estimate of drug-likeness (QED) is 0.378. The van der Waals surface area contributed by atoms with Gasteiger partial charge in [0.05, 0.1) is 11.6 Å². The summed E-state index contributed by atoms with van der Waals surface area (Å²) in [4.78, 5) is 32.2. The smallest absolute Gasteiger partial charge is 0.254 e. The molecular formula is C27H28N6O3S. The zero-order chi connectivity index (χ0) is 26.2. The molecule has 2 amide bonds. The van der Waals surface area contributed by atoms with Crippen LogP contribution in [0.15, 0.2) is 58.3 Å². The summed E-state index contributed by atoms with van der Waals surface area (Å²) in [6.45, 7) is 4.36. The summed E-state index contributed by atoms with van der Waals surface area (Å²) < 4.78 is 5.96. The predicted molar refractivity (Wildman–Crippen MR) is 140 cm³/mol. The minimum atomic E-state index is -0.916. The summed E-state index contributed by atoms with van der Waals surface area (Å²) >= 11 is 1.55. The van der Waals surface area contributed by atoms with Crippen LogP contribution in [0.25, 0.3) is 11.5 Å². The second-order valence-electron chi connectivity index (χ2n) is 9.64. The molecule has 4 N–H and O–H groups in total. The zero-order valence-electron chi connectivity index (χ0n) is 20.7. The molecule has 0 aliphatic carbocycles. The summed E-state index contributed by atoms with van der Waals surface area (Å²) in [5, 5.41) is 11.3. The molecule has 3 heterocycles. The lowest BCUT2D eigenvalue weighted by molar-refractivity contribution is 0.0735. The summed E-state index contributed by atoms with van der Waals surface area (Å²) in [6.07, 6.45) is 2.21. The van der Waals surface area contributed by atoms with E-state index in [0.717, 1.165) is 29.1 Å². The van der Waals surface area contributed by atoms with Crippen LogP contribution in [0.3, 0.4) is 0 Å². The van der Waals surface area contributed by atoms with Crippen LogP contribution in [0.5, 0.6) is 0 Å². The first-order valence-electron chi connectivity index (χ1n) is 12.1. The molecule has 37 heavy (non-hydrogen) atoms. The molecule has 2 atom stereocenters. The molecule has 0 radical (unpaired) electrons. The van der Waals surface area contributed by atoms with Gasteiger partial charge in [-0.05, 0) is 56.9 Å². The first-order chi connectivity index (χ1) is 17.7. The van der Waals surface area contributed by atoms with E-state index in [0.29, 0.717) is 24.1 Å². The number of thiazole rings is 1. The van der Waals surface area contributed by atoms with Crippen molar-refractivity contribution in [1.29, 1.82) is 0 Å². The number of rotatable bonds is 7. The molecule has 0 spiro atoms. The van der Waals surface area contributed by atoms with Gasteiger partial charge in [-0.3, -0.25) is 9.59 Å². The maximum atomic E-state index is 13.6. The van der Waals surface area contributed by atoms with Crippen LogP contribution >= 0.6 is 11.3 Å². The summed E-state index contributed by atoms with van der Waals surface area (Å²) in [5.41, 5.74) is 14.1. The molecule has 1 aliphatic heterocycles. The molecule has 10 heteroatoms. The highest BCUT2D eigenvalue weighted by Crippen LogP contribution is 2.35. The molecule has 190 valence electrons. The highest BCUT2D eigenvalue weighted by atomic mass is 32.1. The molecule has 0 unspecified atom stereocenters. The standard InChI is InChI=1S/C27H28N6O3S/c1-16-15-37-24(30-16)21-9-6-10-33(21)25(35)20-12-18(22(28)34)11-19(13-20)23-31-32-26(36-23)27(2,29)14-17-7-4-3-5-8-17/h3-5,7-8,11-13,15,21H,6,9-10,14,29H2,1-2H3,(H2,28,34)/t21-,27+/m1/s1. The van der Waals surface area contributed by atoms with E-state index in [2.05, 4.69) is 15.2 Å². The second kappa shape index (κ2) is 9.87. The van der Waals surface area contributed by atoms with Gasteiger partial charge in [0, 0.05) is 34.3 Å². The highest BCUT2D eigenvalue weighted by Gasteiger charge is 2.33. The van der Waals surface area contributed by atoms with Crippen molar-refractivity contribution in [2.45, 2.75) is 44.7 Å². The van der Waals surface area contributed by atoms with Crippen molar-refractivity contribution in [2.75, 3.05) is 6.54 Å². The Morgan fingerprint density at radius 3 is 2.62 bits per heavy atom. The van der Waals surface area contributed by atoms with Gasteiger partial charge in [-0.1, -0.05) is 30.3 Å². The number of carbonyl (C=O) groups is 2. The Hall–Kier alpha value is -3.89. The lowest BCUT2D eigenvalue weighted by atomic mass is 9.94. The molecule has 4 aromatic rings. The molecule has 1 saturated heterocycles. The van der Waals surface area contributed by atoms with E-state index in [1.807, 2.05) is 49.6 Å². The largest absolute Gasteiger partial charge is 0.419 e. The number of primary amides is 1. The van der Waals surface area contributed by atoms with Gasteiger partial charge in [-0.15, -0.1) is 21.5 Å². The average molecular weight is 517 g/mol. The number of nitrogens with two attached hydrogens (primary N) is 2. The molecule has 0 saturated carbocycles. The molecule has 2 aromatic heterocycles. The monoisotopic (exact) mass is 516 g/mol. The minimum absolute atomic E-state index is 0.0992. The van der Waals surface area contributed by atoms with E-state index in [1.54, 1.807) is 28.4 Å². The van der Waals surface area contributed by atoms with E-state index in [1.165, 1.54) is 6.07 Å². The number of aryl methyl sites for hydroxylation is 1. The first-order valence-corrected chi connectivity index (χ1v) is 12.9. The summed E-state index contributed by atoms with van der Waals surface area (Å²) in [5.74, 6) is -0.447. The molecule has 1 aliphatic rings. The molecule has 9 nitrogen and oxygen atoms in total. The van der Waals surface area contributed by atoms with Gasteiger partial charge in [-0.25, -0.2) is 4.98 Å². The number of amides is 2. The lowest BCUT2D eigenvalue weighted by Crippen LogP contribution is -2.35. The fraction of sp³-hybridized carbons (Fsp3) is 0.296. The van der Waals surface area contributed by atoms with Crippen molar-refractivity contribution in [3.8, 4) is 11.5 Å². The average Bonchev–Trinajstić information content (AvgIpc) is 3.64. The van der Waals surface area contributed by atoms with E-state index in [9.17, 15) is 9.59 Å². The first kappa shape index (κ1) is 24.8. The van der Waals surface area contributed by atoms with Crippen LogP contribution in [-0.4, -0.2) is 38.4 Å². The van der Waals surface area contributed by atoms with Crippen LogP contribution in [0, 0.1) is 6.92 Å². The Labute approximate surface area is 218 Å². The van der Waals surface area contributed by atoms with Crippen molar-refractivity contribution < 1.29 is 14.0 Å². The number of likely N-dealkylation sites (tertiary alicyclic amines) is 1. The number of benzene rings is 2. The van der Waals surface area contributed by atoms with Gasteiger partial charge in [0.25, 0.3) is 5.91 Å². The Morgan fingerprint density at radius 2 is 1.92 bits per heavy atom.